The molecular formula is C12H18BrN3. The maximum Gasteiger partial charge on any atom is 0.0567 e. The van der Waals surface area contributed by atoms with E-state index in [0.717, 1.165) is 17.6 Å². The molecule has 0 aliphatic carbocycles. The van der Waals surface area contributed by atoms with Crippen molar-refractivity contribution < 1.29 is 0 Å². The zero-order chi connectivity index (χ0) is 11.5. The van der Waals surface area contributed by atoms with Gasteiger partial charge in [-0.25, -0.2) is 0 Å². The molecule has 0 spiro atoms. The highest BCUT2D eigenvalue weighted by Gasteiger charge is 2.25. The summed E-state index contributed by atoms with van der Waals surface area (Å²) in [6, 6.07) is 2.78. The van der Waals surface area contributed by atoms with E-state index in [9.17, 15) is 0 Å². The standard InChI is InChI=1S/C12H18BrN3/c1-15(2)9-11-4-3-5-16(11)12-6-10(13)7-14-8-12/h6-8,11H,3-5,9H2,1-2H3. The summed E-state index contributed by atoms with van der Waals surface area (Å²) in [7, 11) is 4.27. The van der Waals surface area contributed by atoms with Gasteiger partial charge in [-0.3, -0.25) is 4.98 Å². The van der Waals surface area contributed by atoms with Crippen molar-refractivity contribution in [3.63, 3.8) is 0 Å². The number of nitrogens with zero attached hydrogens (tertiary/aromatic N) is 3. The molecule has 1 aliphatic rings. The van der Waals surface area contributed by atoms with Gasteiger partial charge in [-0.15, -0.1) is 0 Å². The van der Waals surface area contributed by atoms with Crippen LogP contribution >= 0.6 is 15.9 Å². The van der Waals surface area contributed by atoms with Crippen LogP contribution in [0, 0.1) is 0 Å². The zero-order valence-corrected chi connectivity index (χ0v) is 11.4. The molecule has 1 aliphatic heterocycles. The first-order valence-corrected chi connectivity index (χ1v) is 6.48. The highest BCUT2D eigenvalue weighted by molar-refractivity contribution is 9.10. The van der Waals surface area contributed by atoms with E-state index in [-0.39, 0.29) is 0 Å². The van der Waals surface area contributed by atoms with E-state index in [1.165, 1.54) is 18.5 Å². The van der Waals surface area contributed by atoms with Crippen molar-refractivity contribution in [1.29, 1.82) is 0 Å². The molecule has 0 bridgehead atoms. The van der Waals surface area contributed by atoms with Crippen molar-refractivity contribution in [1.82, 2.24) is 9.88 Å². The van der Waals surface area contributed by atoms with Gasteiger partial charge in [0.2, 0.25) is 0 Å². The Morgan fingerprint density at radius 3 is 3.00 bits per heavy atom. The molecule has 4 heteroatoms. The summed E-state index contributed by atoms with van der Waals surface area (Å²) in [6.45, 7) is 2.27. The minimum Gasteiger partial charge on any atom is -0.366 e. The van der Waals surface area contributed by atoms with Gasteiger partial charge in [0.1, 0.15) is 0 Å². The van der Waals surface area contributed by atoms with Crippen LogP contribution in [0.25, 0.3) is 0 Å². The molecule has 0 N–H and O–H groups in total. The molecule has 1 unspecified atom stereocenters. The monoisotopic (exact) mass is 283 g/mol. The number of halogens is 1. The summed E-state index contributed by atoms with van der Waals surface area (Å²) in [5.41, 5.74) is 1.23. The molecule has 88 valence electrons. The Bertz CT molecular complexity index is 354. The second-order valence-electron chi connectivity index (χ2n) is 4.61. The fourth-order valence-corrected chi connectivity index (χ4v) is 2.70. The van der Waals surface area contributed by atoms with Crippen LogP contribution < -0.4 is 4.90 Å². The van der Waals surface area contributed by atoms with Crippen molar-refractivity contribution in [3.05, 3.63) is 22.9 Å². The van der Waals surface area contributed by atoms with Crippen molar-refractivity contribution in [2.45, 2.75) is 18.9 Å². The van der Waals surface area contributed by atoms with E-state index in [2.05, 4.69) is 50.9 Å². The van der Waals surface area contributed by atoms with Crippen LogP contribution in [0.5, 0.6) is 0 Å². The van der Waals surface area contributed by atoms with Gasteiger partial charge in [0.15, 0.2) is 0 Å². The van der Waals surface area contributed by atoms with Gasteiger partial charge in [-0.1, -0.05) is 0 Å². The molecule has 0 saturated carbocycles. The predicted octanol–water partition coefficient (Wildman–Crippen LogP) is 2.37. The molecule has 2 rings (SSSR count). The highest BCUT2D eigenvalue weighted by Crippen LogP contribution is 2.26. The average molecular weight is 284 g/mol. The van der Waals surface area contributed by atoms with Crippen LogP contribution in [0.2, 0.25) is 0 Å². The number of hydrogen-bond acceptors (Lipinski definition) is 3. The number of aromatic nitrogens is 1. The third kappa shape index (κ3) is 2.74. The minimum atomic E-state index is 0.631. The Labute approximate surface area is 106 Å². The number of hydrogen-bond donors (Lipinski definition) is 0. The summed E-state index contributed by atoms with van der Waals surface area (Å²) < 4.78 is 1.06. The maximum atomic E-state index is 4.24. The molecule has 16 heavy (non-hydrogen) atoms. The van der Waals surface area contributed by atoms with Crippen LogP contribution in [-0.2, 0) is 0 Å². The molecule has 1 atom stereocenters. The molecule has 0 amide bonds. The molecular weight excluding hydrogens is 266 g/mol. The summed E-state index contributed by atoms with van der Waals surface area (Å²) in [4.78, 5) is 8.97. The zero-order valence-electron chi connectivity index (χ0n) is 9.86. The Kier molecular flexibility index (Phi) is 3.82. The summed E-state index contributed by atoms with van der Waals surface area (Å²) >= 11 is 3.48. The van der Waals surface area contributed by atoms with Gasteiger partial charge < -0.3 is 9.80 Å². The molecule has 2 heterocycles. The normalized spacial score (nSPS) is 20.8. The molecule has 1 saturated heterocycles. The molecule has 1 aromatic heterocycles. The first-order chi connectivity index (χ1) is 7.66. The van der Waals surface area contributed by atoms with E-state index in [1.807, 2.05) is 12.4 Å². The quantitative estimate of drug-likeness (QED) is 0.849. The lowest BCUT2D eigenvalue weighted by Crippen LogP contribution is -2.37. The van der Waals surface area contributed by atoms with Crippen molar-refractivity contribution in [3.8, 4) is 0 Å². The molecule has 1 fully saturated rings. The smallest absolute Gasteiger partial charge is 0.0567 e. The number of likely N-dealkylation sites (N-methyl/N-ethyl adjacent to an activating group) is 1. The Balaban J connectivity index is 2.13. The van der Waals surface area contributed by atoms with Crippen LogP contribution in [-0.4, -0.2) is 43.1 Å². The molecule has 3 nitrogen and oxygen atoms in total. The first kappa shape index (κ1) is 11.9. The fourth-order valence-electron chi connectivity index (χ4n) is 2.34. The van der Waals surface area contributed by atoms with E-state index in [1.54, 1.807) is 0 Å². The second kappa shape index (κ2) is 5.15. The lowest BCUT2D eigenvalue weighted by Gasteiger charge is -2.28. The van der Waals surface area contributed by atoms with Gasteiger partial charge in [-0.2, -0.15) is 0 Å². The third-order valence-corrected chi connectivity index (χ3v) is 3.41. The lowest BCUT2D eigenvalue weighted by molar-refractivity contribution is 0.372. The van der Waals surface area contributed by atoms with Gasteiger partial charge in [0.25, 0.3) is 0 Å². The molecule has 1 aromatic rings. The predicted molar refractivity (Wildman–Crippen MR) is 70.9 cm³/mol. The Morgan fingerprint density at radius 2 is 2.31 bits per heavy atom. The van der Waals surface area contributed by atoms with Gasteiger partial charge in [0.05, 0.1) is 11.9 Å². The number of rotatable bonds is 3. The van der Waals surface area contributed by atoms with Crippen LogP contribution in [0.4, 0.5) is 5.69 Å². The van der Waals surface area contributed by atoms with Crippen molar-refractivity contribution in [2.75, 3.05) is 32.1 Å². The topological polar surface area (TPSA) is 19.4 Å². The molecule has 0 aromatic carbocycles. The summed E-state index contributed by atoms with van der Waals surface area (Å²) in [5.74, 6) is 0. The fraction of sp³-hybridized carbons (Fsp3) is 0.583. The van der Waals surface area contributed by atoms with Crippen LogP contribution in [0.15, 0.2) is 22.9 Å². The number of pyridine rings is 1. The van der Waals surface area contributed by atoms with Gasteiger partial charge in [-0.05, 0) is 48.9 Å². The third-order valence-electron chi connectivity index (χ3n) is 2.98. The Hall–Kier alpha value is -0.610. The van der Waals surface area contributed by atoms with Gasteiger partial charge in [0, 0.05) is 29.8 Å². The summed E-state index contributed by atoms with van der Waals surface area (Å²) in [5, 5.41) is 0. The van der Waals surface area contributed by atoms with E-state index in [4.69, 9.17) is 0 Å². The van der Waals surface area contributed by atoms with E-state index in [0.29, 0.717) is 6.04 Å². The first-order valence-electron chi connectivity index (χ1n) is 5.69. The minimum absolute atomic E-state index is 0.631. The van der Waals surface area contributed by atoms with E-state index < -0.39 is 0 Å². The van der Waals surface area contributed by atoms with Crippen molar-refractivity contribution in [2.24, 2.45) is 0 Å². The lowest BCUT2D eigenvalue weighted by atomic mass is 10.2. The second-order valence-corrected chi connectivity index (χ2v) is 5.53. The largest absolute Gasteiger partial charge is 0.366 e. The van der Waals surface area contributed by atoms with Gasteiger partial charge >= 0.3 is 0 Å². The van der Waals surface area contributed by atoms with Crippen LogP contribution in [0.3, 0.4) is 0 Å². The highest BCUT2D eigenvalue weighted by atomic mass is 79.9. The van der Waals surface area contributed by atoms with Crippen molar-refractivity contribution >= 4 is 21.6 Å². The van der Waals surface area contributed by atoms with Crippen LogP contribution in [0.1, 0.15) is 12.8 Å². The Morgan fingerprint density at radius 1 is 1.50 bits per heavy atom. The molecule has 0 radical (unpaired) electrons. The van der Waals surface area contributed by atoms with E-state index >= 15 is 0 Å². The maximum absolute atomic E-state index is 4.24. The number of anilines is 1. The summed E-state index contributed by atoms with van der Waals surface area (Å²) in [6.07, 6.45) is 6.36. The average Bonchev–Trinajstić information content (AvgIpc) is 2.65. The SMILES string of the molecule is CN(C)CC1CCCN1c1cncc(Br)c1.